The Balaban J connectivity index is 2.45. The van der Waals surface area contributed by atoms with E-state index in [-0.39, 0.29) is 0 Å². The molecule has 1 heterocycles. The zero-order chi connectivity index (χ0) is 5.98. The van der Waals surface area contributed by atoms with Crippen LogP contribution in [0, 0.1) is 0 Å². The molecule has 0 fully saturated rings. The summed E-state index contributed by atoms with van der Waals surface area (Å²) in [6.45, 7) is 0.826. The van der Waals surface area contributed by atoms with Crippen LogP contribution >= 0.6 is 0 Å². The highest BCUT2D eigenvalue weighted by Gasteiger charge is 2.16. The summed E-state index contributed by atoms with van der Waals surface area (Å²) in [5.74, 6) is 0. The second-order valence-electron chi connectivity index (χ2n) is 1.80. The lowest BCUT2D eigenvalue weighted by atomic mass is 9.79. The zero-order valence-corrected chi connectivity index (χ0v) is 4.46. The van der Waals surface area contributed by atoms with E-state index in [2.05, 4.69) is 5.32 Å². The Morgan fingerprint density at radius 1 is 1.62 bits per heavy atom. The van der Waals surface area contributed by atoms with Crippen LogP contribution < -0.4 is 5.32 Å². The quantitative estimate of drug-likeness (QED) is 0.377. The Labute approximate surface area is 48.2 Å². The maximum absolute atomic E-state index is 8.50. The van der Waals surface area contributed by atoms with Gasteiger partial charge >= 0.3 is 7.12 Å². The lowest BCUT2D eigenvalue weighted by Crippen LogP contribution is -2.13. The van der Waals surface area contributed by atoms with E-state index in [1.807, 2.05) is 0 Å². The van der Waals surface area contributed by atoms with Gasteiger partial charge in [0.1, 0.15) is 0 Å². The second-order valence-corrected chi connectivity index (χ2v) is 1.80. The summed E-state index contributed by atoms with van der Waals surface area (Å²) in [6.07, 6.45) is 2.39. The Morgan fingerprint density at radius 3 is 2.62 bits per heavy atom. The molecule has 1 aliphatic rings. The van der Waals surface area contributed by atoms with E-state index in [1.165, 1.54) is 0 Å². The van der Waals surface area contributed by atoms with Gasteiger partial charge in [-0.15, -0.1) is 0 Å². The minimum atomic E-state index is -1.26. The third-order valence-corrected chi connectivity index (χ3v) is 1.18. The molecule has 0 saturated heterocycles. The average Bonchev–Trinajstić information content (AvgIpc) is 2.12. The smallest absolute Gasteiger partial charge is 0.423 e. The molecule has 44 valence electrons. The minimum Gasteiger partial charge on any atom is -0.423 e. The van der Waals surface area contributed by atoms with Gasteiger partial charge in [-0.25, -0.2) is 0 Å². The highest BCUT2D eigenvalue weighted by molar-refractivity contribution is 6.50. The van der Waals surface area contributed by atoms with Crippen LogP contribution in [0.3, 0.4) is 0 Å². The first-order valence-electron chi connectivity index (χ1n) is 2.59. The van der Waals surface area contributed by atoms with Crippen molar-refractivity contribution in [3.8, 4) is 0 Å². The molecular weight excluding hydrogens is 105 g/mol. The summed E-state index contributed by atoms with van der Waals surface area (Å²) in [7, 11) is -1.26. The molecule has 0 bridgehead atoms. The summed E-state index contributed by atoms with van der Waals surface area (Å²) < 4.78 is 0. The topological polar surface area (TPSA) is 52.5 Å². The Kier molecular flexibility index (Phi) is 1.55. The lowest BCUT2D eigenvalue weighted by molar-refractivity contribution is 0.417. The van der Waals surface area contributed by atoms with Crippen molar-refractivity contribution in [1.82, 2.24) is 5.32 Å². The highest BCUT2D eigenvalue weighted by atomic mass is 16.4. The molecule has 4 heteroatoms. The molecule has 0 amide bonds. The molecule has 0 atom stereocenters. The second kappa shape index (κ2) is 2.20. The molecule has 3 nitrogen and oxygen atoms in total. The van der Waals surface area contributed by atoms with Gasteiger partial charge in [0.15, 0.2) is 0 Å². The van der Waals surface area contributed by atoms with E-state index in [1.54, 1.807) is 6.20 Å². The van der Waals surface area contributed by atoms with E-state index in [0.717, 1.165) is 13.0 Å². The predicted octanol–water partition coefficient (Wildman–Crippen LogP) is -1.12. The molecule has 0 spiro atoms. The number of hydrogen-bond acceptors (Lipinski definition) is 3. The molecule has 0 radical (unpaired) electrons. The van der Waals surface area contributed by atoms with E-state index < -0.39 is 7.12 Å². The van der Waals surface area contributed by atoms with Crippen molar-refractivity contribution >= 4 is 7.12 Å². The minimum absolute atomic E-state index is 0.671. The summed E-state index contributed by atoms with van der Waals surface area (Å²) in [5, 5.41) is 19.9. The van der Waals surface area contributed by atoms with Gasteiger partial charge in [-0.05, 0) is 18.1 Å². The van der Waals surface area contributed by atoms with Crippen LogP contribution in [0.4, 0.5) is 0 Å². The Morgan fingerprint density at radius 2 is 2.38 bits per heavy atom. The van der Waals surface area contributed by atoms with Crippen LogP contribution in [0.2, 0.25) is 0 Å². The van der Waals surface area contributed by atoms with Crippen LogP contribution in [0.25, 0.3) is 0 Å². The zero-order valence-electron chi connectivity index (χ0n) is 4.46. The third kappa shape index (κ3) is 1.02. The fraction of sp³-hybridized carbons (Fsp3) is 0.500. The van der Waals surface area contributed by atoms with E-state index >= 15 is 0 Å². The molecule has 1 rings (SSSR count). The molecule has 0 aliphatic carbocycles. The summed E-state index contributed by atoms with van der Waals surface area (Å²) in [6, 6.07) is 0. The van der Waals surface area contributed by atoms with Crippen LogP contribution in [0.1, 0.15) is 6.42 Å². The predicted molar refractivity (Wildman–Crippen MR) is 30.9 cm³/mol. The first-order chi connectivity index (χ1) is 3.80. The van der Waals surface area contributed by atoms with Gasteiger partial charge in [-0.1, -0.05) is 0 Å². The van der Waals surface area contributed by atoms with Gasteiger partial charge in [-0.3, -0.25) is 0 Å². The fourth-order valence-electron chi connectivity index (χ4n) is 0.696. The normalized spacial score (nSPS) is 17.5. The molecule has 3 N–H and O–H groups in total. The summed E-state index contributed by atoms with van der Waals surface area (Å²) in [4.78, 5) is 0. The van der Waals surface area contributed by atoms with Gasteiger partial charge in [0.2, 0.25) is 0 Å². The van der Waals surface area contributed by atoms with Crippen molar-refractivity contribution in [2.75, 3.05) is 6.54 Å². The SMILES string of the molecule is OB(O)C1=CNCC1. The monoisotopic (exact) mass is 113 g/mol. The van der Waals surface area contributed by atoms with Gasteiger partial charge < -0.3 is 15.4 Å². The number of nitrogens with one attached hydrogen (secondary N) is 1. The Bertz CT molecular complexity index is 113. The van der Waals surface area contributed by atoms with E-state index in [4.69, 9.17) is 10.0 Å². The van der Waals surface area contributed by atoms with Crippen LogP contribution in [0.15, 0.2) is 11.7 Å². The van der Waals surface area contributed by atoms with Crippen molar-refractivity contribution in [3.05, 3.63) is 11.7 Å². The summed E-state index contributed by atoms with van der Waals surface area (Å²) >= 11 is 0. The first kappa shape index (κ1) is 5.66. The first-order valence-corrected chi connectivity index (χ1v) is 2.59. The lowest BCUT2D eigenvalue weighted by Gasteiger charge is -1.92. The molecule has 8 heavy (non-hydrogen) atoms. The largest absolute Gasteiger partial charge is 0.485 e. The number of hydrogen-bond donors (Lipinski definition) is 3. The molecule has 0 unspecified atom stereocenters. The Hall–Kier alpha value is -0.475. The van der Waals surface area contributed by atoms with Crippen LogP contribution in [0.5, 0.6) is 0 Å². The van der Waals surface area contributed by atoms with Crippen molar-refractivity contribution < 1.29 is 10.0 Å². The fourth-order valence-corrected chi connectivity index (χ4v) is 0.696. The molecule has 0 aromatic carbocycles. The molecular formula is C4H8BNO2. The van der Waals surface area contributed by atoms with E-state index in [9.17, 15) is 0 Å². The number of rotatable bonds is 1. The van der Waals surface area contributed by atoms with E-state index in [0.29, 0.717) is 5.47 Å². The maximum atomic E-state index is 8.50. The molecule has 0 saturated carbocycles. The third-order valence-electron chi connectivity index (χ3n) is 1.18. The average molecular weight is 113 g/mol. The molecule has 0 aromatic heterocycles. The summed E-state index contributed by atoms with van der Waals surface area (Å²) in [5.41, 5.74) is 0.671. The highest BCUT2D eigenvalue weighted by Crippen LogP contribution is 2.04. The van der Waals surface area contributed by atoms with Crippen LogP contribution in [-0.4, -0.2) is 23.7 Å². The van der Waals surface area contributed by atoms with Crippen molar-refractivity contribution in [2.45, 2.75) is 6.42 Å². The maximum Gasteiger partial charge on any atom is 0.485 e. The van der Waals surface area contributed by atoms with Gasteiger partial charge in [0.05, 0.1) is 0 Å². The molecule has 1 aliphatic heterocycles. The van der Waals surface area contributed by atoms with Crippen LogP contribution in [-0.2, 0) is 0 Å². The van der Waals surface area contributed by atoms with Gasteiger partial charge in [0.25, 0.3) is 0 Å². The molecule has 0 aromatic rings. The standard InChI is InChI=1S/C4H8BNO2/c7-5(8)4-1-2-6-3-4/h3,6-8H,1-2H2. The van der Waals surface area contributed by atoms with Crippen molar-refractivity contribution in [2.24, 2.45) is 0 Å². The van der Waals surface area contributed by atoms with Gasteiger partial charge in [-0.2, -0.15) is 0 Å². The van der Waals surface area contributed by atoms with Crippen molar-refractivity contribution in [1.29, 1.82) is 0 Å². The van der Waals surface area contributed by atoms with Gasteiger partial charge in [0, 0.05) is 6.54 Å². The van der Waals surface area contributed by atoms with Crippen molar-refractivity contribution in [3.63, 3.8) is 0 Å².